The van der Waals surface area contributed by atoms with Crippen LogP contribution in [0.1, 0.15) is 0 Å². The second-order valence-corrected chi connectivity index (χ2v) is 5.84. The zero-order chi connectivity index (χ0) is 17.2. The number of rotatable bonds is 4. The van der Waals surface area contributed by atoms with Gasteiger partial charge in [-0.3, -0.25) is 0 Å². The minimum atomic E-state index is -0.681. The number of benzene rings is 2. The Hall–Kier alpha value is -2.51. The third kappa shape index (κ3) is 3.20. The second kappa shape index (κ2) is 6.78. The lowest BCUT2D eigenvalue weighted by Gasteiger charge is -2.23. The van der Waals surface area contributed by atoms with Crippen LogP contribution in [0, 0.1) is 11.6 Å². The van der Waals surface area contributed by atoms with E-state index < -0.39 is 11.6 Å². The molecule has 0 saturated carbocycles. The van der Waals surface area contributed by atoms with Gasteiger partial charge >= 0.3 is 0 Å². The molecule has 1 aliphatic heterocycles. The van der Waals surface area contributed by atoms with Crippen molar-refractivity contribution in [3.8, 4) is 11.6 Å². The summed E-state index contributed by atoms with van der Waals surface area (Å²) in [5.41, 5.74) is 0.855. The van der Waals surface area contributed by atoms with Crippen molar-refractivity contribution in [3.63, 3.8) is 0 Å². The molecule has 130 valence electrons. The number of nitrogens with zero attached hydrogens (tertiary/aromatic N) is 2. The van der Waals surface area contributed by atoms with E-state index >= 15 is 0 Å². The van der Waals surface area contributed by atoms with Crippen molar-refractivity contribution >= 4 is 10.9 Å². The maximum atomic E-state index is 14.2. The molecule has 3 aromatic rings. The molecule has 0 spiro atoms. The lowest BCUT2D eigenvalue weighted by molar-refractivity contribution is -0.000507. The number of nitrogens with one attached hydrogen (secondary N) is 1. The summed E-state index contributed by atoms with van der Waals surface area (Å²) in [5.74, 6) is -0.913. The number of morpholine rings is 1. The number of hydrogen-bond acceptors (Lipinski definition) is 4. The SMILES string of the molecule is Fc1ccc(-n2nc(OCC3CNCCO3)c3ccccc32)c(F)c1. The summed E-state index contributed by atoms with van der Waals surface area (Å²) in [5, 5.41) is 8.39. The van der Waals surface area contributed by atoms with Crippen molar-refractivity contribution in [2.75, 3.05) is 26.3 Å². The summed E-state index contributed by atoms with van der Waals surface area (Å²) < 4.78 is 40.2. The van der Waals surface area contributed by atoms with Gasteiger partial charge in [-0.15, -0.1) is 5.10 Å². The van der Waals surface area contributed by atoms with Gasteiger partial charge in [0.1, 0.15) is 24.2 Å². The highest BCUT2D eigenvalue weighted by Crippen LogP contribution is 2.28. The van der Waals surface area contributed by atoms with E-state index in [4.69, 9.17) is 9.47 Å². The smallest absolute Gasteiger partial charge is 0.241 e. The molecule has 25 heavy (non-hydrogen) atoms. The summed E-state index contributed by atoms with van der Waals surface area (Å²) >= 11 is 0. The largest absolute Gasteiger partial charge is 0.473 e. The van der Waals surface area contributed by atoms with Crippen molar-refractivity contribution in [2.24, 2.45) is 0 Å². The average Bonchev–Trinajstić information content (AvgIpc) is 3.00. The molecule has 1 aliphatic rings. The highest BCUT2D eigenvalue weighted by Gasteiger charge is 2.18. The first-order valence-corrected chi connectivity index (χ1v) is 8.10. The number of para-hydroxylation sites is 1. The number of halogens is 2. The van der Waals surface area contributed by atoms with Gasteiger partial charge in [0.25, 0.3) is 0 Å². The lowest BCUT2D eigenvalue weighted by atomic mass is 10.2. The van der Waals surface area contributed by atoms with Gasteiger partial charge in [0.2, 0.25) is 5.88 Å². The maximum Gasteiger partial charge on any atom is 0.241 e. The predicted molar refractivity (Wildman–Crippen MR) is 89.1 cm³/mol. The highest BCUT2D eigenvalue weighted by atomic mass is 19.1. The second-order valence-electron chi connectivity index (χ2n) is 5.84. The molecule has 2 heterocycles. The first-order chi connectivity index (χ1) is 12.2. The quantitative estimate of drug-likeness (QED) is 0.790. The predicted octanol–water partition coefficient (Wildman–Crippen LogP) is 2.67. The fourth-order valence-corrected chi connectivity index (χ4v) is 2.88. The van der Waals surface area contributed by atoms with E-state index in [-0.39, 0.29) is 11.8 Å². The average molecular weight is 345 g/mol. The summed E-state index contributed by atoms with van der Waals surface area (Å²) in [7, 11) is 0. The van der Waals surface area contributed by atoms with Crippen LogP contribution in [0.5, 0.6) is 5.88 Å². The molecular formula is C18H17F2N3O2. The molecule has 7 heteroatoms. The van der Waals surface area contributed by atoms with Crippen molar-refractivity contribution < 1.29 is 18.3 Å². The Balaban J connectivity index is 1.68. The first kappa shape index (κ1) is 16.0. The summed E-state index contributed by atoms with van der Waals surface area (Å²) in [6.07, 6.45) is -0.0554. The van der Waals surface area contributed by atoms with Crippen LogP contribution in [-0.2, 0) is 4.74 Å². The molecule has 1 fully saturated rings. The summed E-state index contributed by atoms with van der Waals surface area (Å²) in [6, 6.07) is 10.8. The fourth-order valence-electron chi connectivity index (χ4n) is 2.88. The Kier molecular flexibility index (Phi) is 4.33. The molecule has 1 N–H and O–H groups in total. The Labute approximate surface area is 143 Å². The first-order valence-electron chi connectivity index (χ1n) is 8.10. The molecule has 1 aromatic heterocycles. The molecule has 0 radical (unpaired) electrons. The monoisotopic (exact) mass is 345 g/mol. The molecule has 0 bridgehead atoms. The van der Waals surface area contributed by atoms with Crippen LogP contribution in [-0.4, -0.2) is 42.2 Å². The third-order valence-electron chi connectivity index (χ3n) is 4.10. The van der Waals surface area contributed by atoms with E-state index in [1.807, 2.05) is 24.3 Å². The van der Waals surface area contributed by atoms with Gasteiger partial charge in [-0.2, -0.15) is 0 Å². The van der Waals surface area contributed by atoms with Crippen molar-refractivity contribution in [1.82, 2.24) is 15.1 Å². The van der Waals surface area contributed by atoms with Gasteiger partial charge in [0, 0.05) is 19.2 Å². The molecular weight excluding hydrogens is 328 g/mol. The van der Waals surface area contributed by atoms with E-state index in [1.54, 1.807) is 0 Å². The van der Waals surface area contributed by atoms with Gasteiger partial charge in [0.05, 0.1) is 17.5 Å². The Morgan fingerprint density at radius 1 is 1.24 bits per heavy atom. The Morgan fingerprint density at radius 2 is 2.12 bits per heavy atom. The van der Waals surface area contributed by atoms with E-state index in [2.05, 4.69) is 10.4 Å². The Bertz CT molecular complexity index is 891. The van der Waals surface area contributed by atoms with E-state index in [0.717, 1.165) is 18.0 Å². The van der Waals surface area contributed by atoms with Gasteiger partial charge in [-0.1, -0.05) is 12.1 Å². The minimum absolute atomic E-state index is 0.0554. The summed E-state index contributed by atoms with van der Waals surface area (Å²) in [6.45, 7) is 2.53. The molecule has 2 aromatic carbocycles. The molecule has 1 saturated heterocycles. The van der Waals surface area contributed by atoms with Crippen molar-refractivity contribution in [3.05, 3.63) is 54.1 Å². The van der Waals surface area contributed by atoms with Gasteiger partial charge < -0.3 is 14.8 Å². The van der Waals surface area contributed by atoms with Crippen LogP contribution in [0.3, 0.4) is 0 Å². The topological polar surface area (TPSA) is 48.3 Å². The minimum Gasteiger partial charge on any atom is -0.473 e. The van der Waals surface area contributed by atoms with E-state index in [1.165, 1.54) is 16.8 Å². The number of ether oxygens (including phenoxy) is 2. The van der Waals surface area contributed by atoms with Gasteiger partial charge in [-0.25, -0.2) is 13.5 Å². The van der Waals surface area contributed by atoms with Gasteiger partial charge in [-0.05, 0) is 24.3 Å². The zero-order valence-electron chi connectivity index (χ0n) is 13.4. The standard InChI is InChI=1S/C18H17F2N3O2/c19-12-5-6-17(15(20)9-12)23-16-4-2-1-3-14(16)18(22-23)25-11-13-10-21-7-8-24-13/h1-6,9,13,21H,7-8,10-11H2. The molecule has 5 nitrogen and oxygen atoms in total. The van der Waals surface area contributed by atoms with Crippen LogP contribution < -0.4 is 10.1 Å². The molecule has 1 unspecified atom stereocenters. The van der Waals surface area contributed by atoms with Crippen molar-refractivity contribution in [2.45, 2.75) is 6.10 Å². The number of hydrogen-bond donors (Lipinski definition) is 1. The van der Waals surface area contributed by atoms with Crippen molar-refractivity contribution in [1.29, 1.82) is 0 Å². The molecule has 0 aliphatic carbocycles. The Morgan fingerprint density at radius 3 is 2.92 bits per heavy atom. The van der Waals surface area contributed by atoms with Crippen LogP contribution in [0.4, 0.5) is 8.78 Å². The van der Waals surface area contributed by atoms with Crippen LogP contribution in [0.2, 0.25) is 0 Å². The van der Waals surface area contributed by atoms with E-state index in [9.17, 15) is 8.78 Å². The highest BCUT2D eigenvalue weighted by molar-refractivity contribution is 5.86. The lowest BCUT2D eigenvalue weighted by Crippen LogP contribution is -2.41. The molecule has 4 rings (SSSR count). The third-order valence-corrected chi connectivity index (χ3v) is 4.10. The number of fused-ring (bicyclic) bond motifs is 1. The zero-order valence-corrected chi connectivity index (χ0v) is 13.4. The van der Waals surface area contributed by atoms with E-state index in [0.29, 0.717) is 31.2 Å². The summed E-state index contributed by atoms with van der Waals surface area (Å²) in [4.78, 5) is 0. The maximum absolute atomic E-state index is 14.2. The normalized spacial score (nSPS) is 17.8. The molecule has 0 amide bonds. The molecule has 1 atom stereocenters. The fraction of sp³-hybridized carbons (Fsp3) is 0.278. The van der Waals surface area contributed by atoms with Gasteiger partial charge in [0.15, 0.2) is 5.82 Å². The van der Waals surface area contributed by atoms with Crippen LogP contribution >= 0.6 is 0 Å². The number of aromatic nitrogens is 2. The van der Waals surface area contributed by atoms with Crippen LogP contribution in [0.15, 0.2) is 42.5 Å². The van der Waals surface area contributed by atoms with Crippen LogP contribution in [0.25, 0.3) is 16.6 Å².